The lowest BCUT2D eigenvalue weighted by Crippen LogP contribution is -2.51. The first-order valence-corrected chi connectivity index (χ1v) is 9.79. The molecule has 0 saturated carbocycles. The van der Waals surface area contributed by atoms with Crippen LogP contribution < -0.4 is 5.32 Å². The standard InChI is InChI=1S/C21H25FN6O.HI/c1-15-13-27(14-18(29-15)16-6-8-17(22)9-7-16)21(23-2)24-11-10-20-26-25-19-5-3-4-12-28(19)20;/h3-9,12,15,18H,10-11,13-14H2,1-2H3,(H,23,24);1H. The van der Waals surface area contributed by atoms with Gasteiger partial charge in [-0.1, -0.05) is 18.2 Å². The number of ether oxygens (including phenoxy) is 1. The van der Waals surface area contributed by atoms with Gasteiger partial charge in [-0.05, 0) is 36.8 Å². The number of fused-ring (bicyclic) bond motifs is 1. The molecule has 2 atom stereocenters. The third-order valence-electron chi connectivity index (χ3n) is 5.03. The van der Waals surface area contributed by atoms with Gasteiger partial charge in [-0.25, -0.2) is 4.39 Å². The summed E-state index contributed by atoms with van der Waals surface area (Å²) in [7, 11) is 1.78. The van der Waals surface area contributed by atoms with Gasteiger partial charge in [-0.3, -0.25) is 9.39 Å². The number of rotatable bonds is 4. The molecule has 1 aromatic carbocycles. The lowest BCUT2D eigenvalue weighted by Gasteiger charge is -2.38. The monoisotopic (exact) mass is 524 g/mol. The van der Waals surface area contributed by atoms with Crippen LogP contribution in [0.15, 0.2) is 53.7 Å². The maximum absolute atomic E-state index is 13.3. The third kappa shape index (κ3) is 5.07. The first-order valence-electron chi connectivity index (χ1n) is 9.79. The molecule has 9 heteroatoms. The zero-order valence-corrected chi connectivity index (χ0v) is 19.4. The number of halogens is 2. The molecule has 2 aromatic heterocycles. The molecule has 1 aliphatic heterocycles. The molecule has 3 heterocycles. The smallest absolute Gasteiger partial charge is 0.193 e. The topological polar surface area (TPSA) is 67.0 Å². The Kier molecular flexibility index (Phi) is 7.59. The second-order valence-electron chi connectivity index (χ2n) is 7.16. The molecule has 7 nitrogen and oxygen atoms in total. The lowest BCUT2D eigenvalue weighted by atomic mass is 10.1. The Morgan fingerprint density at radius 3 is 2.77 bits per heavy atom. The molecule has 1 aliphatic rings. The molecule has 30 heavy (non-hydrogen) atoms. The van der Waals surface area contributed by atoms with Crippen molar-refractivity contribution in [2.24, 2.45) is 4.99 Å². The Morgan fingerprint density at radius 1 is 1.20 bits per heavy atom. The van der Waals surface area contributed by atoms with Gasteiger partial charge in [-0.2, -0.15) is 0 Å². The van der Waals surface area contributed by atoms with E-state index in [4.69, 9.17) is 4.74 Å². The SMILES string of the molecule is CN=C(NCCc1nnc2ccccn12)N1CC(C)OC(c2ccc(F)cc2)C1.I. The maximum Gasteiger partial charge on any atom is 0.193 e. The van der Waals surface area contributed by atoms with Crippen molar-refractivity contribution < 1.29 is 9.13 Å². The highest BCUT2D eigenvalue weighted by Gasteiger charge is 2.28. The first-order chi connectivity index (χ1) is 14.1. The summed E-state index contributed by atoms with van der Waals surface area (Å²) in [5, 5.41) is 11.9. The van der Waals surface area contributed by atoms with Crippen LogP contribution >= 0.6 is 24.0 Å². The van der Waals surface area contributed by atoms with Gasteiger partial charge < -0.3 is 15.0 Å². The average Bonchev–Trinajstić information content (AvgIpc) is 3.14. The second kappa shape index (κ2) is 10.2. The summed E-state index contributed by atoms with van der Waals surface area (Å²) >= 11 is 0. The predicted molar refractivity (Wildman–Crippen MR) is 125 cm³/mol. The van der Waals surface area contributed by atoms with E-state index in [9.17, 15) is 4.39 Å². The van der Waals surface area contributed by atoms with Crippen molar-refractivity contribution in [1.29, 1.82) is 0 Å². The Bertz CT molecular complexity index is 993. The minimum atomic E-state index is -0.243. The fourth-order valence-corrected chi connectivity index (χ4v) is 3.67. The van der Waals surface area contributed by atoms with E-state index in [2.05, 4.69) is 25.4 Å². The molecule has 0 radical (unpaired) electrons. The van der Waals surface area contributed by atoms with Crippen LogP contribution in [0.3, 0.4) is 0 Å². The van der Waals surface area contributed by atoms with Crippen LogP contribution in [0.1, 0.15) is 24.4 Å². The molecule has 160 valence electrons. The van der Waals surface area contributed by atoms with Gasteiger partial charge in [0.15, 0.2) is 11.6 Å². The number of hydrogen-bond donors (Lipinski definition) is 1. The van der Waals surface area contributed by atoms with E-state index in [0.717, 1.165) is 36.0 Å². The van der Waals surface area contributed by atoms with Gasteiger partial charge in [0.05, 0.1) is 12.6 Å². The molecule has 0 spiro atoms. The number of pyridine rings is 1. The summed E-state index contributed by atoms with van der Waals surface area (Å²) in [5.74, 6) is 1.48. The van der Waals surface area contributed by atoms with Crippen LogP contribution in [0.5, 0.6) is 0 Å². The largest absolute Gasteiger partial charge is 0.367 e. The summed E-state index contributed by atoms with van der Waals surface area (Å²) in [6.07, 6.45) is 2.61. The first kappa shape index (κ1) is 22.4. The highest BCUT2D eigenvalue weighted by atomic mass is 127. The van der Waals surface area contributed by atoms with Crippen molar-refractivity contribution in [3.8, 4) is 0 Å². The number of aromatic nitrogens is 3. The van der Waals surface area contributed by atoms with Gasteiger partial charge in [0.1, 0.15) is 17.7 Å². The molecule has 4 rings (SSSR count). The van der Waals surface area contributed by atoms with Gasteiger partial charge in [0.2, 0.25) is 0 Å². The maximum atomic E-state index is 13.3. The molecule has 3 aromatic rings. The highest BCUT2D eigenvalue weighted by Crippen LogP contribution is 2.25. The normalized spacial score (nSPS) is 19.6. The van der Waals surface area contributed by atoms with E-state index in [1.807, 2.05) is 35.7 Å². The molecule has 1 N–H and O–H groups in total. The van der Waals surface area contributed by atoms with Crippen LogP contribution in [0.25, 0.3) is 5.65 Å². The molecule has 1 saturated heterocycles. The number of nitrogens with one attached hydrogen (secondary N) is 1. The quantitative estimate of drug-likeness (QED) is 0.323. The molecule has 0 aliphatic carbocycles. The van der Waals surface area contributed by atoms with Crippen LogP contribution in [0.4, 0.5) is 4.39 Å². The van der Waals surface area contributed by atoms with Crippen molar-refractivity contribution in [1.82, 2.24) is 24.8 Å². The number of benzene rings is 1. The van der Waals surface area contributed by atoms with E-state index in [1.165, 1.54) is 12.1 Å². The average molecular weight is 524 g/mol. The van der Waals surface area contributed by atoms with Crippen LogP contribution in [0, 0.1) is 5.82 Å². The van der Waals surface area contributed by atoms with Crippen molar-refractivity contribution in [3.63, 3.8) is 0 Å². The van der Waals surface area contributed by atoms with E-state index in [1.54, 1.807) is 19.2 Å². The lowest BCUT2D eigenvalue weighted by molar-refractivity contribution is -0.0604. The van der Waals surface area contributed by atoms with Crippen molar-refractivity contribution >= 4 is 35.6 Å². The molecule has 1 fully saturated rings. The highest BCUT2D eigenvalue weighted by molar-refractivity contribution is 14.0. The van der Waals surface area contributed by atoms with E-state index in [-0.39, 0.29) is 42.0 Å². The van der Waals surface area contributed by atoms with Crippen LogP contribution in [-0.4, -0.2) is 58.2 Å². The number of guanidine groups is 1. The summed E-state index contributed by atoms with van der Waals surface area (Å²) in [5.41, 5.74) is 1.81. The van der Waals surface area contributed by atoms with E-state index < -0.39 is 0 Å². The van der Waals surface area contributed by atoms with Gasteiger partial charge in [0, 0.05) is 32.8 Å². The molecule has 0 bridgehead atoms. The molecular formula is C21H26FIN6O. The second-order valence-corrected chi connectivity index (χ2v) is 7.16. The Hall–Kier alpha value is -2.27. The Morgan fingerprint density at radius 2 is 2.00 bits per heavy atom. The minimum absolute atomic E-state index is 0. The Balaban J connectivity index is 0.00000256. The van der Waals surface area contributed by atoms with Gasteiger partial charge in [-0.15, -0.1) is 34.2 Å². The summed E-state index contributed by atoms with van der Waals surface area (Å²) in [4.78, 5) is 6.63. The Labute approximate surface area is 192 Å². The molecule has 0 amide bonds. The number of nitrogens with zero attached hydrogens (tertiary/aromatic N) is 5. The van der Waals surface area contributed by atoms with Crippen molar-refractivity contribution in [3.05, 3.63) is 65.9 Å². The number of morpholine rings is 1. The van der Waals surface area contributed by atoms with Crippen molar-refractivity contribution in [2.75, 3.05) is 26.7 Å². The molecular weight excluding hydrogens is 498 g/mol. The summed E-state index contributed by atoms with van der Waals surface area (Å²) in [6, 6.07) is 12.4. The molecule has 2 unspecified atom stereocenters. The van der Waals surface area contributed by atoms with Gasteiger partial charge in [0.25, 0.3) is 0 Å². The summed E-state index contributed by atoms with van der Waals surface area (Å²) < 4.78 is 21.3. The van der Waals surface area contributed by atoms with Crippen LogP contribution in [-0.2, 0) is 11.2 Å². The third-order valence-corrected chi connectivity index (χ3v) is 5.03. The zero-order valence-electron chi connectivity index (χ0n) is 17.0. The minimum Gasteiger partial charge on any atom is -0.367 e. The predicted octanol–water partition coefficient (Wildman–Crippen LogP) is 3.07. The number of hydrogen-bond acceptors (Lipinski definition) is 4. The van der Waals surface area contributed by atoms with Crippen LogP contribution in [0.2, 0.25) is 0 Å². The van der Waals surface area contributed by atoms with E-state index in [0.29, 0.717) is 13.1 Å². The zero-order chi connectivity index (χ0) is 20.2. The van der Waals surface area contributed by atoms with E-state index >= 15 is 0 Å². The van der Waals surface area contributed by atoms with Crippen molar-refractivity contribution in [2.45, 2.75) is 25.6 Å². The number of aliphatic imine (C=N–C) groups is 1. The fourth-order valence-electron chi connectivity index (χ4n) is 3.67. The fraction of sp³-hybridized carbons (Fsp3) is 0.381. The summed E-state index contributed by atoms with van der Waals surface area (Å²) in [6.45, 7) is 4.13. The van der Waals surface area contributed by atoms with Gasteiger partial charge >= 0.3 is 0 Å².